The Kier molecular flexibility index (Phi) is 12.0. The number of allylic oxidation sites excluding steroid dienone is 3. The van der Waals surface area contributed by atoms with Gasteiger partial charge in [-0.2, -0.15) is 0 Å². The molecule has 1 saturated heterocycles. The van der Waals surface area contributed by atoms with Gasteiger partial charge >= 0.3 is 0 Å². The number of halogens is 3. The van der Waals surface area contributed by atoms with Crippen molar-refractivity contribution in [2.45, 2.75) is 45.1 Å². The number of hydrogen-bond acceptors (Lipinski definition) is 4. The van der Waals surface area contributed by atoms with Crippen LogP contribution in [0.4, 0.5) is 4.39 Å². The zero-order chi connectivity index (χ0) is 26.8. The Labute approximate surface area is 237 Å². The van der Waals surface area contributed by atoms with Gasteiger partial charge in [0.2, 0.25) is 0 Å². The molecule has 4 rings (SSSR count). The standard InChI is InChI=1S/C24H27BrClFN2O2S.C5H8/c1-32-28-24(30)20-11-19(16-2-3-16)23(12-22(20)27)31-14-15-6-8-29(9-7-15)13-17-4-5-18(25)10-21(17)26;1-3-5-4-2/h4-5,10-12,15-16H,2-3,6-9,13-14H2,1H3,(H,28,30);3-5H,1H2,2H3/b;5-4-. The summed E-state index contributed by atoms with van der Waals surface area (Å²) in [5.41, 5.74) is 2.19. The summed E-state index contributed by atoms with van der Waals surface area (Å²) in [5.74, 6) is 0.457. The molecule has 0 bridgehead atoms. The molecular formula is C29H35BrClFN2O2S. The number of benzene rings is 2. The van der Waals surface area contributed by atoms with E-state index in [9.17, 15) is 9.18 Å². The molecule has 1 N–H and O–H groups in total. The van der Waals surface area contributed by atoms with Gasteiger partial charge in [0.15, 0.2) is 0 Å². The lowest BCUT2D eigenvalue weighted by atomic mass is 9.97. The number of ether oxygens (including phenoxy) is 1. The normalized spacial score (nSPS) is 16.2. The maximum atomic E-state index is 14.6. The van der Waals surface area contributed by atoms with Crippen molar-refractivity contribution >= 4 is 45.4 Å². The second-order valence-corrected chi connectivity index (χ2v) is 11.2. The summed E-state index contributed by atoms with van der Waals surface area (Å²) in [6.45, 7) is 8.81. The van der Waals surface area contributed by atoms with Gasteiger partial charge in [-0.25, -0.2) is 4.39 Å². The first-order chi connectivity index (χ1) is 17.9. The summed E-state index contributed by atoms with van der Waals surface area (Å²) >= 11 is 11.0. The largest absolute Gasteiger partial charge is 0.493 e. The third-order valence-corrected chi connectivity index (χ3v) is 7.71. The highest BCUT2D eigenvalue weighted by atomic mass is 79.9. The van der Waals surface area contributed by atoms with Gasteiger partial charge in [0.25, 0.3) is 5.91 Å². The summed E-state index contributed by atoms with van der Waals surface area (Å²) in [6, 6.07) is 9.10. The Morgan fingerprint density at radius 2 is 2.00 bits per heavy atom. The second-order valence-electron chi connectivity index (χ2n) is 9.31. The van der Waals surface area contributed by atoms with Crippen LogP contribution in [0.25, 0.3) is 0 Å². The maximum absolute atomic E-state index is 14.6. The molecule has 0 radical (unpaired) electrons. The van der Waals surface area contributed by atoms with Gasteiger partial charge in [0.1, 0.15) is 11.6 Å². The zero-order valence-corrected chi connectivity index (χ0v) is 24.6. The van der Waals surface area contributed by atoms with Gasteiger partial charge in [0.05, 0.1) is 12.2 Å². The fourth-order valence-corrected chi connectivity index (χ4v) is 5.31. The number of piperidine rings is 1. The van der Waals surface area contributed by atoms with Gasteiger partial charge in [-0.05, 0) is 86.9 Å². The highest BCUT2D eigenvalue weighted by molar-refractivity contribution is 9.10. The molecule has 1 aliphatic carbocycles. The molecule has 1 amide bonds. The Balaban J connectivity index is 0.000000695. The van der Waals surface area contributed by atoms with Crippen LogP contribution < -0.4 is 9.46 Å². The van der Waals surface area contributed by atoms with Crippen LogP contribution in [0.3, 0.4) is 0 Å². The minimum atomic E-state index is -0.530. The number of amides is 1. The van der Waals surface area contributed by atoms with Crippen molar-refractivity contribution in [2.24, 2.45) is 5.92 Å². The zero-order valence-electron chi connectivity index (χ0n) is 21.4. The van der Waals surface area contributed by atoms with Crippen LogP contribution in [0.1, 0.15) is 60.0 Å². The van der Waals surface area contributed by atoms with E-state index < -0.39 is 11.7 Å². The number of nitrogens with zero attached hydrogens (tertiary/aromatic N) is 1. The van der Waals surface area contributed by atoms with Crippen LogP contribution in [0.15, 0.2) is 59.6 Å². The highest BCUT2D eigenvalue weighted by Gasteiger charge is 2.30. The number of nitrogens with one attached hydrogen (secondary N) is 1. The Morgan fingerprint density at radius 1 is 1.27 bits per heavy atom. The molecule has 200 valence electrons. The average molecular weight is 610 g/mol. The van der Waals surface area contributed by atoms with Crippen molar-refractivity contribution in [1.29, 1.82) is 0 Å². The predicted octanol–water partition coefficient (Wildman–Crippen LogP) is 8.17. The van der Waals surface area contributed by atoms with E-state index in [4.69, 9.17) is 16.3 Å². The Bertz CT molecular complexity index is 1100. The lowest BCUT2D eigenvalue weighted by Gasteiger charge is -2.32. The first kappa shape index (κ1) is 29.8. The molecule has 1 saturated carbocycles. The van der Waals surface area contributed by atoms with E-state index in [0.717, 1.165) is 65.9 Å². The lowest BCUT2D eigenvalue weighted by Crippen LogP contribution is -2.35. The van der Waals surface area contributed by atoms with Gasteiger partial charge in [-0.3, -0.25) is 14.4 Å². The number of rotatable bonds is 9. The second kappa shape index (κ2) is 15.0. The maximum Gasteiger partial charge on any atom is 0.264 e. The molecule has 37 heavy (non-hydrogen) atoms. The molecule has 8 heteroatoms. The van der Waals surface area contributed by atoms with Gasteiger partial charge < -0.3 is 4.74 Å². The first-order valence-electron chi connectivity index (χ1n) is 12.6. The molecule has 2 fully saturated rings. The van der Waals surface area contributed by atoms with Crippen LogP contribution in [0.5, 0.6) is 5.75 Å². The topological polar surface area (TPSA) is 41.6 Å². The first-order valence-corrected chi connectivity index (χ1v) is 14.9. The molecule has 4 nitrogen and oxygen atoms in total. The summed E-state index contributed by atoms with van der Waals surface area (Å²) in [4.78, 5) is 14.6. The van der Waals surface area contributed by atoms with Crippen molar-refractivity contribution < 1.29 is 13.9 Å². The summed E-state index contributed by atoms with van der Waals surface area (Å²) in [7, 11) is 0. The number of hydrogen-bond donors (Lipinski definition) is 1. The van der Waals surface area contributed by atoms with Crippen LogP contribution in [-0.2, 0) is 6.54 Å². The van der Waals surface area contributed by atoms with E-state index in [1.165, 1.54) is 18.0 Å². The Morgan fingerprint density at radius 3 is 2.57 bits per heavy atom. The van der Waals surface area contributed by atoms with E-state index in [1.54, 1.807) is 18.4 Å². The highest BCUT2D eigenvalue weighted by Crippen LogP contribution is 2.45. The van der Waals surface area contributed by atoms with Crippen molar-refractivity contribution in [1.82, 2.24) is 9.62 Å². The van der Waals surface area contributed by atoms with E-state index >= 15 is 0 Å². The third-order valence-electron chi connectivity index (χ3n) is 6.48. The number of carbonyl (C=O) groups excluding carboxylic acids is 1. The van der Waals surface area contributed by atoms with Crippen LogP contribution in [-0.4, -0.2) is 36.8 Å². The minimum absolute atomic E-state index is 0.0912. The monoisotopic (exact) mass is 608 g/mol. The summed E-state index contributed by atoms with van der Waals surface area (Å²) in [5, 5.41) is 0.786. The number of likely N-dealkylation sites (tertiary alicyclic amines) is 1. The third kappa shape index (κ3) is 9.17. The predicted molar refractivity (Wildman–Crippen MR) is 157 cm³/mol. The summed E-state index contributed by atoms with van der Waals surface area (Å²) in [6.07, 6.45) is 11.5. The van der Waals surface area contributed by atoms with Crippen molar-refractivity contribution in [2.75, 3.05) is 26.0 Å². The van der Waals surface area contributed by atoms with E-state index in [2.05, 4.69) is 38.2 Å². The molecule has 0 unspecified atom stereocenters. The fraction of sp³-hybridized carbons (Fsp3) is 0.414. The summed E-state index contributed by atoms with van der Waals surface area (Å²) < 4.78 is 24.3. The number of carbonyl (C=O) groups is 1. The molecule has 0 spiro atoms. The van der Waals surface area contributed by atoms with Gasteiger partial charge in [0, 0.05) is 28.4 Å². The van der Waals surface area contributed by atoms with Crippen molar-refractivity contribution in [3.8, 4) is 5.75 Å². The van der Waals surface area contributed by atoms with E-state index in [0.29, 0.717) is 24.2 Å². The smallest absolute Gasteiger partial charge is 0.264 e. The molecule has 1 heterocycles. The van der Waals surface area contributed by atoms with Gasteiger partial charge in [-0.15, -0.1) is 0 Å². The van der Waals surface area contributed by atoms with E-state index in [1.807, 2.05) is 31.2 Å². The molecular weight excluding hydrogens is 575 g/mol. The van der Waals surface area contributed by atoms with E-state index in [-0.39, 0.29) is 5.56 Å². The van der Waals surface area contributed by atoms with Crippen molar-refractivity contribution in [3.63, 3.8) is 0 Å². The van der Waals surface area contributed by atoms with Crippen molar-refractivity contribution in [3.05, 3.63) is 87.1 Å². The SMILES string of the molecule is C=C/C=C\C.CSNC(=O)c1cc(C2CC2)c(OCC2CCN(Cc3ccc(Br)cc3Cl)CC2)cc1F. The molecule has 0 atom stereocenters. The molecule has 2 aromatic carbocycles. The van der Waals surface area contributed by atoms with Crippen LogP contribution in [0, 0.1) is 11.7 Å². The molecule has 1 aliphatic heterocycles. The quantitative estimate of drug-likeness (QED) is 0.230. The minimum Gasteiger partial charge on any atom is -0.493 e. The average Bonchev–Trinajstić information content (AvgIpc) is 3.72. The van der Waals surface area contributed by atoms with Crippen LogP contribution >= 0.6 is 39.5 Å². The molecule has 0 aromatic heterocycles. The molecule has 2 aromatic rings. The molecule has 2 aliphatic rings. The Hall–Kier alpha value is -1.80. The fourth-order valence-electron chi connectivity index (χ4n) is 4.28. The van der Waals surface area contributed by atoms with Gasteiger partial charge in [-0.1, -0.05) is 70.4 Å². The lowest BCUT2D eigenvalue weighted by molar-refractivity contribution is 0.0980. The van der Waals surface area contributed by atoms with Crippen LogP contribution in [0.2, 0.25) is 5.02 Å².